The van der Waals surface area contributed by atoms with Gasteiger partial charge in [-0.15, -0.1) is 0 Å². The van der Waals surface area contributed by atoms with Crippen LogP contribution in [0.3, 0.4) is 0 Å². The first-order valence-electron chi connectivity index (χ1n) is 6.62. The highest BCUT2D eigenvalue weighted by atomic mass is 79.9. The second kappa shape index (κ2) is 6.48. The first kappa shape index (κ1) is 13.7. The lowest BCUT2D eigenvalue weighted by Gasteiger charge is -2.26. The largest absolute Gasteiger partial charge is 0.393 e. The van der Waals surface area contributed by atoms with Gasteiger partial charge in [0.15, 0.2) is 0 Å². The van der Waals surface area contributed by atoms with E-state index in [2.05, 4.69) is 31.2 Å². The van der Waals surface area contributed by atoms with Crippen LogP contribution in [0.4, 0.5) is 5.82 Å². The molecular formula is C13H20BrN3O. The lowest BCUT2D eigenvalue weighted by atomic mass is 9.87. The number of hydrogen-bond acceptors (Lipinski definition) is 4. The summed E-state index contributed by atoms with van der Waals surface area (Å²) >= 11 is 3.40. The van der Waals surface area contributed by atoms with E-state index in [1.165, 1.54) is 6.42 Å². The van der Waals surface area contributed by atoms with E-state index in [9.17, 15) is 5.11 Å². The number of nitrogens with zero attached hydrogens (tertiary/aromatic N) is 2. The number of nitrogens with one attached hydrogen (secondary N) is 1. The normalized spacial score (nSPS) is 23.9. The second-order valence-electron chi connectivity index (χ2n) is 4.91. The maximum absolute atomic E-state index is 9.64. The molecule has 0 aliphatic heterocycles. The molecule has 0 aromatic carbocycles. The second-order valence-corrected chi connectivity index (χ2v) is 5.73. The molecule has 2 unspecified atom stereocenters. The van der Waals surface area contributed by atoms with Gasteiger partial charge in [0.1, 0.15) is 16.2 Å². The van der Waals surface area contributed by atoms with Gasteiger partial charge in [0.25, 0.3) is 0 Å². The minimum atomic E-state index is -0.117. The zero-order valence-corrected chi connectivity index (χ0v) is 12.3. The van der Waals surface area contributed by atoms with Crippen molar-refractivity contribution in [2.45, 2.75) is 45.1 Å². The molecule has 0 saturated heterocycles. The number of aromatic nitrogens is 2. The van der Waals surface area contributed by atoms with Gasteiger partial charge >= 0.3 is 0 Å². The van der Waals surface area contributed by atoms with Gasteiger partial charge in [0.2, 0.25) is 0 Å². The molecule has 0 bridgehead atoms. The molecule has 1 aliphatic rings. The summed E-state index contributed by atoms with van der Waals surface area (Å²) < 4.78 is 0.820. The van der Waals surface area contributed by atoms with Gasteiger partial charge < -0.3 is 10.4 Å². The minimum absolute atomic E-state index is 0.117. The molecule has 2 atom stereocenters. The third kappa shape index (κ3) is 3.92. The van der Waals surface area contributed by atoms with Crippen LogP contribution in [-0.2, 0) is 6.42 Å². The van der Waals surface area contributed by atoms with Crippen LogP contribution in [0.2, 0.25) is 0 Å². The van der Waals surface area contributed by atoms with E-state index in [0.717, 1.165) is 48.5 Å². The summed E-state index contributed by atoms with van der Waals surface area (Å²) in [5, 5.41) is 13.0. The summed E-state index contributed by atoms with van der Waals surface area (Å²) in [5.74, 6) is 2.26. The van der Waals surface area contributed by atoms with Crippen LogP contribution in [0.1, 0.15) is 38.4 Å². The average Bonchev–Trinajstić information content (AvgIpc) is 2.36. The zero-order chi connectivity index (χ0) is 13.0. The Bertz CT molecular complexity index is 400. The van der Waals surface area contributed by atoms with E-state index in [1.54, 1.807) is 0 Å². The molecule has 1 aliphatic carbocycles. The van der Waals surface area contributed by atoms with Gasteiger partial charge in [0, 0.05) is 19.0 Å². The van der Waals surface area contributed by atoms with Crippen molar-refractivity contribution in [3.05, 3.63) is 16.5 Å². The van der Waals surface area contributed by atoms with Gasteiger partial charge in [-0.3, -0.25) is 0 Å². The molecule has 1 heterocycles. The van der Waals surface area contributed by atoms with E-state index in [0.29, 0.717) is 5.92 Å². The maximum Gasteiger partial charge on any atom is 0.131 e. The molecule has 5 heteroatoms. The van der Waals surface area contributed by atoms with Gasteiger partial charge in [-0.25, -0.2) is 9.97 Å². The molecular weight excluding hydrogens is 294 g/mol. The van der Waals surface area contributed by atoms with Crippen LogP contribution < -0.4 is 5.32 Å². The van der Waals surface area contributed by atoms with Crippen LogP contribution >= 0.6 is 15.9 Å². The highest BCUT2D eigenvalue weighted by Gasteiger charge is 2.19. The fourth-order valence-electron chi connectivity index (χ4n) is 2.41. The summed E-state index contributed by atoms with van der Waals surface area (Å²) in [6.07, 6.45) is 4.89. The summed E-state index contributed by atoms with van der Waals surface area (Å²) in [4.78, 5) is 8.73. The molecule has 1 fully saturated rings. The summed E-state index contributed by atoms with van der Waals surface area (Å²) in [6.45, 7) is 2.92. The molecule has 0 amide bonds. The quantitative estimate of drug-likeness (QED) is 0.839. The van der Waals surface area contributed by atoms with Crippen LogP contribution in [0.15, 0.2) is 10.7 Å². The first-order chi connectivity index (χ1) is 8.67. The Hall–Kier alpha value is -0.680. The number of aliphatic hydroxyl groups excluding tert-OH is 1. The number of aryl methyl sites for hydroxylation is 1. The predicted octanol–water partition coefficient (Wildman–Crippen LogP) is 2.76. The Labute approximate surface area is 116 Å². The maximum atomic E-state index is 9.64. The van der Waals surface area contributed by atoms with Gasteiger partial charge in [0.05, 0.1) is 6.10 Å². The topological polar surface area (TPSA) is 58.0 Å². The predicted molar refractivity (Wildman–Crippen MR) is 75.6 cm³/mol. The SMILES string of the molecule is CCc1nc(Br)cc(NCC2CCCC(O)C2)n1. The van der Waals surface area contributed by atoms with Gasteiger partial charge in [-0.05, 0) is 41.1 Å². The fraction of sp³-hybridized carbons (Fsp3) is 0.692. The van der Waals surface area contributed by atoms with E-state index in [4.69, 9.17) is 0 Å². The molecule has 18 heavy (non-hydrogen) atoms. The Balaban J connectivity index is 1.91. The highest BCUT2D eigenvalue weighted by Crippen LogP contribution is 2.24. The molecule has 1 aromatic rings. The third-order valence-electron chi connectivity index (χ3n) is 3.38. The number of rotatable bonds is 4. The van der Waals surface area contributed by atoms with Crippen molar-refractivity contribution < 1.29 is 5.11 Å². The van der Waals surface area contributed by atoms with Crippen molar-refractivity contribution in [1.82, 2.24) is 9.97 Å². The Morgan fingerprint density at radius 3 is 3.00 bits per heavy atom. The van der Waals surface area contributed by atoms with Crippen molar-refractivity contribution in [2.75, 3.05) is 11.9 Å². The van der Waals surface area contributed by atoms with Crippen molar-refractivity contribution in [1.29, 1.82) is 0 Å². The van der Waals surface area contributed by atoms with Crippen molar-refractivity contribution in [3.8, 4) is 0 Å². The van der Waals surface area contributed by atoms with Crippen molar-refractivity contribution in [2.24, 2.45) is 5.92 Å². The number of anilines is 1. The fourth-order valence-corrected chi connectivity index (χ4v) is 2.83. The van der Waals surface area contributed by atoms with Crippen molar-refractivity contribution in [3.63, 3.8) is 0 Å². The number of aliphatic hydroxyl groups is 1. The highest BCUT2D eigenvalue weighted by molar-refractivity contribution is 9.10. The molecule has 4 nitrogen and oxygen atoms in total. The minimum Gasteiger partial charge on any atom is -0.393 e. The van der Waals surface area contributed by atoms with E-state index >= 15 is 0 Å². The number of halogens is 1. The Morgan fingerprint density at radius 1 is 1.44 bits per heavy atom. The first-order valence-corrected chi connectivity index (χ1v) is 7.42. The number of hydrogen-bond donors (Lipinski definition) is 2. The van der Waals surface area contributed by atoms with E-state index < -0.39 is 0 Å². The van der Waals surface area contributed by atoms with E-state index in [1.807, 2.05) is 13.0 Å². The summed E-state index contributed by atoms with van der Waals surface area (Å²) in [6, 6.07) is 1.90. The molecule has 2 N–H and O–H groups in total. The molecule has 100 valence electrons. The molecule has 0 radical (unpaired) electrons. The van der Waals surface area contributed by atoms with Gasteiger partial charge in [-0.2, -0.15) is 0 Å². The standard InChI is InChI=1S/C13H20BrN3O/c1-2-12-16-11(14)7-13(17-12)15-8-9-4-3-5-10(18)6-9/h7,9-10,18H,2-6,8H2,1H3,(H,15,16,17). The lowest BCUT2D eigenvalue weighted by molar-refractivity contribution is 0.104. The monoisotopic (exact) mass is 313 g/mol. The molecule has 1 saturated carbocycles. The summed E-state index contributed by atoms with van der Waals surface area (Å²) in [7, 11) is 0. The summed E-state index contributed by atoms with van der Waals surface area (Å²) in [5.41, 5.74) is 0. The molecule has 0 spiro atoms. The van der Waals surface area contributed by atoms with Crippen LogP contribution in [0.5, 0.6) is 0 Å². The third-order valence-corrected chi connectivity index (χ3v) is 3.79. The van der Waals surface area contributed by atoms with Crippen LogP contribution in [0.25, 0.3) is 0 Å². The van der Waals surface area contributed by atoms with Crippen molar-refractivity contribution >= 4 is 21.7 Å². The molecule has 2 rings (SSSR count). The smallest absolute Gasteiger partial charge is 0.131 e. The Kier molecular flexibility index (Phi) is 4.95. The zero-order valence-electron chi connectivity index (χ0n) is 10.7. The van der Waals surface area contributed by atoms with Crippen LogP contribution in [-0.4, -0.2) is 27.7 Å². The lowest BCUT2D eigenvalue weighted by Crippen LogP contribution is -2.25. The molecule has 1 aromatic heterocycles. The van der Waals surface area contributed by atoms with Gasteiger partial charge in [-0.1, -0.05) is 13.3 Å². The van der Waals surface area contributed by atoms with Crippen LogP contribution in [0, 0.1) is 5.92 Å². The Morgan fingerprint density at radius 2 is 2.28 bits per heavy atom. The average molecular weight is 314 g/mol. The van der Waals surface area contributed by atoms with E-state index in [-0.39, 0.29) is 6.10 Å².